The van der Waals surface area contributed by atoms with Crippen molar-refractivity contribution in [2.45, 2.75) is 25.2 Å². The minimum atomic E-state index is -0.282. The molecular weight excluding hydrogens is 444 g/mol. The van der Waals surface area contributed by atoms with Crippen LogP contribution in [0.1, 0.15) is 30.2 Å². The molecule has 0 bridgehead atoms. The van der Waals surface area contributed by atoms with Gasteiger partial charge in [0.1, 0.15) is 11.8 Å². The molecule has 2 aliphatic rings. The van der Waals surface area contributed by atoms with Gasteiger partial charge in [0.05, 0.1) is 49.6 Å². The van der Waals surface area contributed by atoms with Crippen LogP contribution in [0.5, 0.6) is 5.75 Å². The Morgan fingerprint density at radius 2 is 2.09 bits per heavy atom. The van der Waals surface area contributed by atoms with Gasteiger partial charge < -0.3 is 24.8 Å². The minimum absolute atomic E-state index is 0.0865. The molecule has 3 aromatic rings. The largest absolute Gasteiger partial charge is 0.494 e. The van der Waals surface area contributed by atoms with E-state index in [-0.39, 0.29) is 12.0 Å². The minimum Gasteiger partial charge on any atom is -0.494 e. The number of nitrogens with zero attached hydrogens (tertiary/aromatic N) is 5. The summed E-state index contributed by atoms with van der Waals surface area (Å²) in [4.78, 5) is 15.8. The maximum absolute atomic E-state index is 9.93. The summed E-state index contributed by atoms with van der Waals surface area (Å²) in [7, 11) is 1.60. The topological polar surface area (TPSA) is 116 Å². The number of nitrogens with one attached hydrogen (secondary N) is 1. The molecule has 3 heterocycles. The number of aliphatic hydroxyl groups is 1. The van der Waals surface area contributed by atoms with Gasteiger partial charge in [0.25, 0.3) is 0 Å². The fourth-order valence-electron chi connectivity index (χ4n) is 4.74. The number of hydrogen-bond acceptors (Lipinski definition) is 9. The molecule has 180 valence electrons. The van der Waals surface area contributed by atoms with Crippen LogP contribution in [0, 0.1) is 11.3 Å². The quantitative estimate of drug-likeness (QED) is 0.558. The zero-order valence-electron chi connectivity index (χ0n) is 19.9. The van der Waals surface area contributed by atoms with Gasteiger partial charge in [-0.2, -0.15) is 5.26 Å². The predicted octanol–water partition coefficient (Wildman–Crippen LogP) is 3.20. The van der Waals surface area contributed by atoms with E-state index < -0.39 is 0 Å². The summed E-state index contributed by atoms with van der Waals surface area (Å²) in [5.41, 5.74) is 5.38. The Morgan fingerprint density at radius 3 is 2.83 bits per heavy atom. The second-order valence-corrected chi connectivity index (χ2v) is 9.11. The Kier molecular flexibility index (Phi) is 6.24. The first-order valence-electron chi connectivity index (χ1n) is 11.7. The van der Waals surface area contributed by atoms with E-state index >= 15 is 0 Å². The number of pyridine rings is 1. The molecule has 0 amide bonds. The molecule has 1 atom stereocenters. The molecule has 1 fully saturated rings. The lowest BCUT2D eigenvalue weighted by Gasteiger charge is -2.30. The molecule has 0 spiro atoms. The second kappa shape index (κ2) is 9.49. The summed E-state index contributed by atoms with van der Waals surface area (Å²) in [6, 6.07) is 9.84. The highest BCUT2D eigenvalue weighted by atomic mass is 16.5. The molecular formula is C26H28N6O3. The van der Waals surface area contributed by atoms with Crippen LogP contribution >= 0.6 is 0 Å². The number of nitriles is 1. The lowest BCUT2D eigenvalue weighted by Crippen LogP contribution is -2.36. The van der Waals surface area contributed by atoms with Crippen molar-refractivity contribution < 1.29 is 14.6 Å². The third kappa shape index (κ3) is 4.38. The van der Waals surface area contributed by atoms with Gasteiger partial charge >= 0.3 is 0 Å². The van der Waals surface area contributed by atoms with E-state index in [4.69, 9.17) is 14.5 Å². The van der Waals surface area contributed by atoms with Gasteiger partial charge in [0, 0.05) is 48.2 Å². The van der Waals surface area contributed by atoms with Crippen LogP contribution in [0.2, 0.25) is 0 Å². The van der Waals surface area contributed by atoms with E-state index in [0.717, 1.165) is 54.1 Å². The van der Waals surface area contributed by atoms with Gasteiger partial charge in [0.15, 0.2) is 0 Å². The van der Waals surface area contributed by atoms with Gasteiger partial charge in [-0.1, -0.05) is 6.92 Å². The molecule has 9 nitrogen and oxygen atoms in total. The lowest BCUT2D eigenvalue weighted by atomic mass is 9.85. The molecule has 0 radical (unpaired) electrons. The Morgan fingerprint density at radius 1 is 1.26 bits per heavy atom. The number of rotatable bonds is 6. The third-order valence-electron chi connectivity index (χ3n) is 6.87. The third-order valence-corrected chi connectivity index (χ3v) is 6.87. The van der Waals surface area contributed by atoms with Crippen molar-refractivity contribution in [3.63, 3.8) is 0 Å². The Labute approximate surface area is 204 Å². The average Bonchev–Trinajstić information content (AvgIpc) is 3.25. The molecule has 0 saturated carbocycles. The lowest BCUT2D eigenvalue weighted by molar-refractivity contribution is 0.122. The van der Waals surface area contributed by atoms with Gasteiger partial charge in [0.2, 0.25) is 5.95 Å². The van der Waals surface area contributed by atoms with Crippen LogP contribution in [0.4, 0.5) is 17.3 Å². The molecule has 1 saturated heterocycles. The van der Waals surface area contributed by atoms with Gasteiger partial charge in [-0.25, -0.2) is 9.97 Å². The monoisotopic (exact) mass is 472 g/mol. The Balaban J connectivity index is 1.45. The Hall–Kier alpha value is -3.74. The summed E-state index contributed by atoms with van der Waals surface area (Å²) in [6.07, 6.45) is 5.25. The molecule has 1 unspecified atom stereocenters. The van der Waals surface area contributed by atoms with Gasteiger partial charge in [-0.15, -0.1) is 0 Å². The predicted molar refractivity (Wildman–Crippen MR) is 132 cm³/mol. The van der Waals surface area contributed by atoms with Gasteiger partial charge in [-0.05, 0) is 36.6 Å². The molecule has 1 aromatic carbocycles. The number of morpholine rings is 1. The number of fused-ring (bicyclic) bond motifs is 1. The van der Waals surface area contributed by atoms with Crippen molar-refractivity contribution in [1.29, 1.82) is 5.26 Å². The maximum atomic E-state index is 9.93. The SMILES string of the molecule is COc1cc(N2CCOCC2)c(C#N)cc1Nc1nccc(-c2cnc3c(c2)C(C)(CO)CC3)n1. The van der Waals surface area contributed by atoms with Crippen molar-refractivity contribution >= 4 is 17.3 Å². The molecule has 2 aromatic heterocycles. The van der Waals surface area contributed by atoms with Crippen LogP contribution in [0.25, 0.3) is 11.3 Å². The summed E-state index contributed by atoms with van der Waals surface area (Å²) in [5.74, 6) is 0.978. The number of ether oxygens (including phenoxy) is 2. The number of anilines is 3. The Bertz CT molecular complexity index is 1280. The van der Waals surface area contributed by atoms with Crippen molar-refractivity contribution in [3.05, 3.63) is 53.5 Å². The van der Waals surface area contributed by atoms with Crippen LogP contribution in [0.3, 0.4) is 0 Å². The second-order valence-electron chi connectivity index (χ2n) is 9.11. The molecule has 35 heavy (non-hydrogen) atoms. The number of aliphatic hydroxyl groups excluding tert-OH is 1. The van der Waals surface area contributed by atoms with Gasteiger partial charge in [-0.3, -0.25) is 4.98 Å². The average molecular weight is 473 g/mol. The summed E-state index contributed by atoms with van der Waals surface area (Å²) in [6.45, 7) is 4.85. The normalized spacial score (nSPS) is 19.2. The van der Waals surface area contributed by atoms with E-state index in [0.29, 0.717) is 36.2 Å². The number of aryl methyl sites for hydroxylation is 1. The van der Waals surface area contributed by atoms with E-state index in [1.165, 1.54) is 0 Å². The number of benzene rings is 1. The fourth-order valence-corrected chi connectivity index (χ4v) is 4.74. The first-order valence-corrected chi connectivity index (χ1v) is 11.7. The summed E-state index contributed by atoms with van der Waals surface area (Å²) >= 11 is 0. The van der Waals surface area contributed by atoms with E-state index in [2.05, 4.69) is 39.2 Å². The molecule has 1 aliphatic carbocycles. The van der Waals surface area contributed by atoms with E-state index in [9.17, 15) is 10.4 Å². The number of methoxy groups -OCH3 is 1. The van der Waals surface area contributed by atoms with Crippen molar-refractivity contribution in [2.24, 2.45) is 0 Å². The van der Waals surface area contributed by atoms with Crippen LogP contribution in [-0.4, -0.2) is 60.1 Å². The van der Waals surface area contributed by atoms with E-state index in [1.54, 1.807) is 19.4 Å². The standard InChI is InChI=1S/C26H28N6O3/c1-26(16-33)5-3-21-19(26)11-18(15-29-21)20-4-6-28-25(30-20)31-22-12-17(14-27)23(13-24(22)34-2)32-7-9-35-10-8-32/h4,6,11-13,15,33H,3,5,7-10,16H2,1-2H3,(H,28,30,31). The van der Waals surface area contributed by atoms with Crippen LogP contribution < -0.4 is 15.0 Å². The summed E-state index contributed by atoms with van der Waals surface area (Å²) in [5, 5.41) is 22.9. The highest BCUT2D eigenvalue weighted by molar-refractivity contribution is 5.74. The first-order chi connectivity index (χ1) is 17.0. The highest BCUT2D eigenvalue weighted by Gasteiger charge is 2.35. The maximum Gasteiger partial charge on any atom is 0.227 e. The zero-order valence-corrected chi connectivity index (χ0v) is 19.9. The van der Waals surface area contributed by atoms with Crippen LogP contribution in [-0.2, 0) is 16.6 Å². The number of aromatic nitrogens is 3. The fraction of sp³-hybridized carbons (Fsp3) is 0.385. The van der Waals surface area contributed by atoms with Crippen molar-refractivity contribution in [2.75, 3.05) is 50.2 Å². The number of hydrogen-bond donors (Lipinski definition) is 2. The van der Waals surface area contributed by atoms with E-state index in [1.807, 2.05) is 18.3 Å². The molecule has 1 aliphatic heterocycles. The molecule has 9 heteroatoms. The highest BCUT2D eigenvalue weighted by Crippen LogP contribution is 2.39. The van der Waals surface area contributed by atoms with Crippen molar-refractivity contribution in [1.82, 2.24) is 15.0 Å². The molecule has 5 rings (SSSR count). The van der Waals surface area contributed by atoms with Crippen molar-refractivity contribution in [3.8, 4) is 23.1 Å². The van der Waals surface area contributed by atoms with Crippen LogP contribution in [0.15, 0.2) is 36.7 Å². The smallest absolute Gasteiger partial charge is 0.227 e. The molecule has 2 N–H and O–H groups in total. The zero-order chi connectivity index (χ0) is 24.4. The first kappa shape index (κ1) is 23.0. The summed E-state index contributed by atoms with van der Waals surface area (Å²) < 4.78 is 11.1.